The van der Waals surface area contributed by atoms with Crippen LogP contribution in [0, 0.1) is 0 Å². The second-order valence-electron chi connectivity index (χ2n) is 6.18. The van der Waals surface area contributed by atoms with Crippen LogP contribution in [0.4, 0.5) is 0 Å². The van der Waals surface area contributed by atoms with Crippen molar-refractivity contribution in [1.29, 1.82) is 0 Å². The molecule has 2 heterocycles. The van der Waals surface area contributed by atoms with E-state index in [0.717, 1.165) is 18.4 Å². The summed E-state index contributed by atoms with van der Waals surface area (Å²) in [6, 6.07) is 0. The van der Waals surface area contributed by atoms with Crippen molar-refractivity contribution in [3.8, 4) is 0 Å². The van der Waals surface area contributed by atoms with Crippen LogP contribution in [0.5, 0.6) is 0 Å². The average molecular weight is 554 g/mol. The normalized spacial score (nSPS) is 23.7. The zero-order valence-corrected chi connectivity index (χ0v) is 19.2. The highest BCUT2D eigenvalue weighted by atomic mass is 79.9. The Morgan fingerprint density at radius 3 is 2.27 bits per heavy atom. The van der Waals surface area contributed by atoms with Crippen LogP contribution < -0.4 is 11.2 Å². The molecule has 0 aromatic carbocycles. The van der Waals surface area contributed by atoms with Crippen molar-refractivity contribution in [3.63, 3.8) is 0 Å². The number of aromatic nitrogens is 2. The maximum Gasteiger partial charge on any atom is 0.330 e. The number of nitrogens with zero attached hydrogens (tertiary/aromatic N) is 1. The van der Waals surface area contributed by atoms with Gasteiger partial charge in [0.1, 0.15) is 12.7 Å². The highest BCUT2D eigenvalue weighted by molar-refractivity contribution is 9.16. The molecule has 1 N–H and O–H groups in total. The summed E-state index contributed by atoms with van der Waals surface area (Å²) in [7, 11) is 0. The molecule has 1 fully saturated rings. The molecule has 30 heavy (non-hydrogen) atoms. The van der Waals surface area contributed by atoms with E-state index >= 15 is 0 Å². The van der Waals surface area contributed by atoms with Gasteiger partial charge in [0.15, 0.2) is 18.4 Å². The van der Waals surface area contributed by atoms with Gasteiger partial charge in [-0.1, -0.05) is 15.9 Å². The molecule has 0 unspecified atom stereocenters. The van der Waals surface area contributed by atoms with Gasteiger partial charge in [-0.05, 0) is 20.9 Å². The van der Waals surface area contributed by atoms with Crippen LogP contribution in [0.2, 0.25) is 0 Å². The van der Waals surface area contributed by atoms with Gasteiger partial charge in [0.2, 0.25) is 0 Å². The number of nitrogens with one attached hydrogen (secondary N) is 1. The number of hydrogen-bond acceptors (Lipinski definition) is 9. The van der Waals surface area contributed by atoms with Gasteiger partial charge < -0.3 is 18.9 Å². The fraction of sp³-hybridized carbons (Fsp3) is 0.471. The van der Waals surface area contributed by atoms with Crippen molar-refractivity contribution < 1.29 is 33.3 Å². The molecule has 11 nitrogen and oxygen atoms in total. The van der Waals surface area contributed by atoms with Gasteiger partial charge in [-0.15, -0.1) is 0 Å². The predicted octanol–water partition coefficient (Wildman–Crippen LogP) is 0.949. The Kier molecular flexibility index (Phi) is 8.15. The number of H-pyrrole nitrogens is 1. The summed E-state index contributed by atoms with van der Waals surface area (Å²) in [5, 5.41) is 0. The lowest BCUT2D eigenvalue weighted by atomic mass is 10.1. The lowest BCUT2D eigenvalue weighted by Gasteiger charge is -2.24. The highest BCUT2D eigenvalue weighted by Gasteiger charge is 2.51. The Labute approximate surface area is 186 Å². The maximum atomic E-state index is 12.5. The minimum Gasteiger partial charge on any atom is -0.463 e. The van der Waals surface area contributed by atoms with E-state index in [4.69, 9.17) is 18.9 Å². The molecule has 0 spiro atoms. The number of ether oxygens (including phenoxy) is 4. The van der Waals surface area contributed by atoms with Gasteiger partial charge in [-0.25, -0.2) is 4.79 Å². The number of rotatable bonds is 6. The second-order valence-corrected chi connectivity index (χ2v) is 7.49. The molecule has 0 radical (unpaired) electrons. The first-order valence-corrected chi connectivity index (χ1v) is 10.2. The Morgan fingerprint density at radius 1 is 1.13 bits per heavy atom. The molecule has 1 aliphatic rings. The molecular weight excluding hydrogens is 536 g/mol. The topological polar surface area (TPSA) is 143 Å². The first kappa shape index (κ1) is 24.0. The Morgan fingerprint density at radius 2 is 1.73 bits per heavy atom. The molecule has 2 rings (SSSR count). The summed E-state index contributed by atoms with van der Waals surface area (Å²) in [4.78, 5) is 62.6. The quantitative estimate of drug-likeness (QED) is 0.402. The van der Waals surface area contributed by atoms with Crippen molar-refractivity contribution in [2.45, 2.75) is 45.3 Å². The third kappa shape index (κ3) is 5.67. The zero-order chi connectivity index (χ0) is 22.6. The van der Waals surface area contributed by atoms with Crippen molar-refractivity contribution in [2.75, 3.05) is 6.61 Å². The number of halogens is 2. The van der Waals surface area contributed by atoms with Crippen LogP contribution in [0.1, 0.15) is 32.6 Å². The summed E-state index contributed by atoms with van der Waals surface area (Å²) in [6.45, 7) is 3.13. The Bertz CT molecular complexity index is 984. The molecule has 0 saturated carbocycles. The van der Waals surface area contributed by atoms with Crippen LogP contribution >= 0.6 is 31.9 Å². The van der Waals surface area contributed by atoms with E-state index in [9.17, 15) is 24.0 Å². The largest absolute Gasteiger partial charge is 0.463 e. The lowest BCUT2D eigenvalue weighted by molar-refractivity contribution is -0.166. The molecule has 1 saturated heterocycles. The monoisotopic (exact) mass is 552 g/mol. The molecular formula is C17H18Br2N2O9. The first-order chi connectivity index (χ1) is 14.0. The highest BCUT2D eigenvalue weighted by Crippen LogP contribution is 2.34. The van der Waals surface area contributed by atoms with Gasteiger partial charge in [0.25, 0.3) is 5.56 Å². The first-order valence-electron chi connectivity index (χ1n) is 8.50. The molecule has 1 aromatic rings. The van der Waals surface area contributed by atoms with E-state index in [0.29, 0.717) is 4.48 Å². The molecule has 0 aliphatic carbocycles. The van der Waals surface area contributed by atoms with Crippen molar-refractivity contribution >= 4 is 54.3 Å². The summed E-state index contributed by atoms with van der Waals surface area (Å²) < 4.78 is 22.5. The van der Waals surface area contributed by atoms with Crippen molar-refractivity contribution in [2.24, 2.45) is 0 Å². The Balaban J connectivity index is 2.56. The lowest BCUT2D eigenvalue weighted by Crippen LogP contribution is -2.42. The van der Waals surface area contributed by atoms with Crippen LogP contribution in [0.15, 0.2) is 20.8 Å². The zero-order valence-electron chi connectivity index (χ0n) is 16.0. The minimum atomic E-state index is -1.28. The maximum absolute atomic E-state index is 12.5. The molecule has 0 bridgehead atoms. The van der Waals surface area contributed by atoms with Crippen LogP contribution in [-0.4, -0.2) is 52.4 Å². The fourth-order valence-electron chi connectivity index (χ4n) is 2.82. The molecule has 4 atom stereocenters. The van der Waals surface area contributed by atoms with Crippen LogP contribution in [-0.2, 0) is 33.3 Å². The summed E-state index contributed by atoms with van der Waals surface area (Å²) in [5.41, 5.74) is -1.45. The number of hydrogen-bond donors (Lipinski definition) is 1. The number of aromatic amines is 1. The third-order valence-electron chi connectivity index (χ3n) is 3.94. The fourth-order valence-corrected chi connectivity index (χ4v) is 3.35. The standard InChI is InChI=1S/C17H18Br2N2O9/c1-7(22)27-6-12-13(28-8(2)23)14(29-9(3)24)16(30-12)21-5-10(11(19)4-18)15(25)20-17(21)26/h4-5,12-14,16H,6H2,1-3H3,(H,20,25,26)/t12-,13-,14-,16-/m1/s1. The summed E-state index contributed by atoms with van der Waals surface area (Å²) in [5.74, 6) is -2.03. The van der Waals surface area contributed by atoms with Gasteiger partial charge in [0, 0.05) is 31.5 Å². The van der Waals surface area contributed by atoms with E-state index in [1.54, 1.807) is 0 Å². The van der Waals surface area contributed by atoms with E-state index in [-0.39, 0.29) is 12.2 Å². The van der Waals surface area contributed by atoms with E-state index in [2.05, 4.69) is 36.8 Å². The van der Waals surface area contributed by atoms with Gasteiger partial charge in [-0.3, -0.25) is 28.7 Å². The average Bonchev–Trinajstić information content (AvgIpc) is 2.95. The van der Waals surface area contributed by atoms with E-state index in [1.165, 1.54) is 18.1 Å². The van der Waals surface area contributed by atoms with Crippen LogP contribution in [0.3, 0.4) is 0 Å². The van der Waals surface area contributed by atoms with Crippen molar-refractivity contribution in [3.05, 3.63) is 37.6 Å². The molecule has 1 aliphatic heterocycles. The molecule has 164 valence electrons. The number of esters is 3. The minimum absolute atomic E-state index is 0.0733. The smallest absolute Gasteiger partial charge is 0.330 e. The second kappa shape index (κ2) is 10.2. The van der Waals surface area contributed by atoms with E-state index < -0.39 is 53.7 Å². The van der Waals surface area contributed by atoms with Gasteiger partial charge in [0.05, 0.1) is 5.56 Å². The molecule has 1 aromatic heterocycles. The SMILES string of the molecule is CC(=O)OC[C@H]1O[C@@H](n2cc(C(Br)=CBr)c(=O)[nH]c2=O)[C@H](OC(C)=O)[C@@H]1OC(C)=O. The van der Waals surface area contributed by atoms with Gasteiger partial charge in [-0.2, -0.15) is 0 Å². The molecule has 13 heteroatoms. The number of carbonyl (C=O) groups excluding carboxylic acids is 3. The van der Waals surface area contributed by atoms with Gasteiger partial charge >= 0.3 is 23.6 Å². The van der Waals surface area contributed by atoms with Crippen LogP contribution in [0.25, 0.3) is 4.48 Å². The Hall–Kier alpha value is -2.25. The predicted molar refractivity (Wildman–Crippen MR) is 109 cm³/mol. The molecule has 0 amide bonds. The van der Waals surface area contributed by atoms with Crippen molar-refractivity contribution in [1.82, 2.24) is 9.55 Å². The third-order valence-corrected chi connectivity index (χ3v) is 5.66. The summed E-state index contributed by atoms with van der Waals surface area (Å²) in [6.07, 6.45) is -3.55. The number of carbonyl (C=O) groups is 3. The van der Waals surface area contributed by atoms with E-state index in [1.807, 2.05) is 0 Å². The summed E-state index contributed by atoms with van der Waals surface area (Å²) >= 11 is 6.26.